The highest BCUT2D eigenvalue weighted by Crippen LogP contribution is 2.21. The van der Waals surface area contributed by atoms with Gasteiger partial charge in [0, 0.05) is 19.2 Å². The number of amides is 1. The van der Waals surface area contributed by atoms with Gasteiger partial charge in [0.2, 0.25) is 10.0 Å². The SMILES string of the molecule is CCNS(=O)(=O)c1cccc(C(=O)N(C)C(C)c2ccccc2)c1. The molecule has 0 saturated carbocycles. The lowest BCUT2D eigenvalue weighted by Gasteiger charge is -2.25. The van der Waals surface area contributed by atoms with Crippen LogP contribution in [0, 0.1) is 0 Å². The predicted octanol–water partition coefficient (Wildman–Crippen LogP) is 2.82. The minimum absolute atomic E-state index is 0.0935. The Kier molecular flexibility index (Phi) is 5.75. The smallest absolute Gasteiger partial charge is 0.254 e. The summed E-state index contributed by atoms with van der Waals surface area (Å²) in [4.78, 5) is 14.4. The maximum absolute atomic E-state index is 12.7. The van der Waals surface area contributed by atoms with Crippen LogP contribution in [0.25, 0.3) is 0 Å². The Morgan fingerprint density at radius 1 is 1.12 bits per heavy atom. The zero-order chi connectivity index (χ0) is 17.7. The second-order valence-corrected chi connectivity index (χ2v) is 7.30. The highest BCUT2D eigenvalue weighted by Gasteiger charge is 2.21. The number of hydrogen-bond donors (Lipinski definition) is 1. The first kappa shape index (κ1) is 18.2. The van der Waals surface area contributed by atoms with Crippen molar-refractivity contribution in [2.75, 3.05) is 13.6 Å². The number of carbonyl (C=O) groups is 1. The Morgan fingerprint density at radius 2 is 1.79 bits per heavy atom. The third kappa shape index (κ3) is 4.01. The molecule has 0 aliphatic carbocycles. The van der Waals surface area contributed by atoms with Gasteiger partial charge in [-0.3, -0.25) is 4.79 Å². The van der Waals surface area contributed by atoms with Crippen molar-refractivity contribution in [2.24, 2.45) is 0 Å². The first-order valence-electron chi connectivity index (χ1n) is 7.78. The van der Waals surface area contributed by atoms with Gasteiger partial charge in [0.1, 0.15) is 0 Å². The Hall–Kier alpha value is -2.18. The average Bonchev–Trinajstić information content (AvgIpc) is 2.60. The van der Waals surface area contributed by atoms with E-state index in [1.807, 2.05) is 37.3 Å². The number of hydrogen-bond acceptors (Lipinski definition) is 3. The van der Waals surface area contributed by atoms with Crippen molar-refractivity contribution in [1.29, 1.82) is 0 Å². The van der Waals surface area contributed by atoms with Gasteiger partial charge in [0.15, 0.2) is 0 Å². The van der Waals surface area contributed by atoms with Crippen molar-refractivity contribution in [1.82, 2.24) is 9.62 Å². The summed E-state index contributed by atoms with van der Waals surface area (Å²) in [5, 5.41) is 0. The summed E-state index contributed by atoms with van der Waals surface area (Å²) in [5.41, 5.74) is 1.36. The van der Waals surface area contributed by atoms with Crippen LogP contribution in [0.3, 0.4) is 0 Å². The van der Waals surface area contributed by atoms with Crippen LogP contribution < -0.4 is 4.72 Å². The molecule has 0 aromatic heterocycles. The second kappa shape index (κ2) is 7.59. The monoisotopic (exact) mass is 346 g/mol. The van der Waals surface area contributed by atoms with Crippen LogP contribution in [0.5, 0.6) is 0 Å². The van der Waals surface area contributed by atoms with E-state index in [1.165, 1.54) is 12.1 Å². The highest BCUT2D eigenvalue weighted by atomic mass is 32.2. The summed E-state index contributed by atoms with van der Waals surface area (Å²) < 4.78 is 26.6. The molecule has 0 bridgehead atoms. The first-order valence-corrected chi connectivity index (χ1v) is 9.27. The molecule has 1 N–H and O–H groups in total. The Morgan fingerprint density at radius 3 is 2.42 bits per heavy atom. The van der Waals surface area contributed by atoms with E-state index in [-0.39, 0.29) is 16.8 Å². The average molecular weight is 346 g/mol. The van der Waals surface area contributed by atoms with Crippen LogP contribution >= 0.6 is 0 Å². The van der Waals surface area contributed by atoms with Crippen LogP contribution in [-0.2, 0) is 10.0 Å². The number of carbonyl (C=O) groups excluding carboxylic acids is 1. The Bertz CT molecular complexity index is 804. The maximum atomic E-state index is 12.7. The number of benzene rings is 2. The molecule has 1 atom stereocenters. The standard InChI is InChI=1S/C18H22N2O3S/c1-4-19-24(22,23)17-12-8-11-16(13-17)18(21)20(3)14(2)15-9-6-5-7-10-15/h5-14,19H,4H2,1-3H3. The van der Waals surface area contributed by atoms with E-state index in [9.17, 15) is 13.2 Å². The van der Waals surface area contributed by atoms with Gasteiger partial charge < -0.3 is 4.90 Å². The molecule has 0 heterocycles. The van der Waals surface area contributed by atoms with E-state index in [0.29, 0.717) is 12.1 Å². The molecule has 2 rings (SSSR count). The second-order valence-electron chi connectivity index (χ2n) is 5.53. The fourth-order valence-corrected chi connectivity index (χ4v) is 3.49. The molecule has 1 unspecified atom stereocenters. The summed E-state index contributed by atoms with van der Waals surface area (Å²) in [6.45, 7) is 3.94. The van der Waals surface area contributed by atoms with E-state index in [0.717, 1.165) is 5.56 Å². The molecule has 0 radical (unpaired) electrons. The maximum Gasteiger partial charge on any atom is 0.254 e. The van der Waals surface area contributed by atoms with Crippen molar-refractivity contribution >= 4 is 15.9 Å². The molecule has 24 heavy (non-hydrogen) atoms. The van der Waals surface area contributed by atoms with Gasteiger partial charge in [0.05, 0.1) is 10.9 Å². The molecule has 6 heteroatoms. The molecule has 128 valence electrons. The molecule has 2 aromatic carbocycles. The quantitative estimate of drug-likeness (QED) is 0.875. The van der Waals surface area contributed by atoms with Crippen molar-refractivity contribution in [3.8, 4) is 0 Å². The van der Waals surface area contributed by atoms with Crippen molar-refractivity contribution in [3.05, 3.63) is 65.7 Å². The third-order valence-electron chi connectivity index (χ3n) is 3.91. The molecule has 1 amide bonds. The topological polar surface area (TPSA) is 66.5 Å². The van der Waals surface area contributed by atoms with Crippen LogP contribution in [0.2, 0.25) is 0 Å². The van der Waals surface area contributed by atoms with E-state index >= 15 is 0 Å². The zero-order valence-corrected chi connectivity index (χ0v) is 14.9. The van der Waals surface area contributed by atoms with Crippen LogP contribution in [0.1, 0.15) is 35.8 Å². The van der Waals surface area contributed by atoms with Crippen LogP contribution in [0.4, 0.5) is 0 Å². The summed E-state index contributed by atoms with van der Waals surface area (Å²) in [7, 11) is -1.87. The van der Waals surface area contributed by atoms with E-state index < -0.39 is 10.0 Å². The van der Waals surface area contributed by atoms with Gasteiger partial charge in [0.25, 0.3) is 5.91 Å². The number of nitrogens with zero attached hydrogens (tertiary/aromatic N) is 1. The zero-order valence-electron chi connectivity index (χ0n) is 14.1. The molecular formula is C18H22N2O3S. The van der Waals surface area contributed by atoms with E-state index in [2.05, 4.69) is 4.72 Å². The molecule has 0 spiro atoms. The molecule has 5 nitrogen and oxygen atoms in total. The minimum Gasteiger partial charge on any atom is -0.335 e. The van der Waals surface area contributed by atoms with Gasteiger partial charge in [-0.2, -0.15) is 0 Å². The van der Waals surface area contributed by atoms with E-state index in [1.54, 1.807) is 31.0 Å². The Labute approximate surface area is 143 Å². The van der Waals surface area contributed by atoms with Gasteiger partial charge >= 0.3 is 0 Å². The number of rotatable bonds is 6. The van der Waals surface area contributed by atoms with Crippen LogP contribution in [-0.4, -0.2) is 32.8 Å². The molecule has 0 aliphatic rings. The number of sulfonamides is 1. The van der Waals surface area contributed by atoms with Crippen molar-refractivity contribution in [3.63, 3.8) is 0 Å². The summed E-state index contributed by atoms with van der Waals surface area (Å²) in [6.07, 6.45) is 0. The van der Waals surface area contributed by atoms with Gasteiger partial charge in [-0.25, -0.2) is 13.1 Å². The molecular weight excluding hydrogens is 324 g/mol. The first-order chi connectivity index (χ1) is 11.4. The van der Waals surface area contributed by atoms with Gasteiger partial charge in [-0.05, 0) is 30.7 Å². The van der Waals surface area contributed by atoms with Gasteiger partial charge in [-0.1, -0.05) is 43.3 Å². The van der Waals surface area contributed by atoms with Gasteiger partial charge in [-0.15, -0.1) is 0 Å². The van der Waals surface area contributed by atoms with Crippen molar-refractivity contribution in [2.45, 2.75) is 24.8 Å². The van der Waals surface area contributed by atoms with E-state index in [4.69, 9.17) is 0 Å². The lowest BCUT2D eigenvalue weighted by Crippen LogP contribution is -2.30. The number of nitrogens with one attached hydrogen (secondary N) is 1. The minimum atomic E-state index is -3.59. The van der Waals surface area contributed by atoms with Crippen molar-refractivity contribution < 1.29 is 13.2 Å². The summed E-state index contributed by atoms with van der Waals surface area (Å²) >= 11 is 0. The summed E-state index contributed by atoms with van der Waals surface area (Å²) in [6, 6.07) is 15.7. The fourth-order valence-electron chi connectivity index (χ4n) is 2.40. The largest absolute Gasteiger partial charge is 0.335 e. The molecule has 0 saturated heterocycles. The molecule has 0 fully saturated rings. The lowest BCUT2D eigenvalue weighted by molar-refractivity contribution is 0.0742. The summed E-state index contributed by atoms with van der Waals surface area (Å²) in [5.74, 6) is -0.222. The van der Waals surface area contributed by atoms with Crippen LogP contribution in [0.15, 0.2) is 59.5 Å². The fraction of sp³-hybridized carbons (Fsp3) is 0.278. The predicted molar refractivity (Wildman–Crippen MR) is 94.3 cm³/mol. The molecule has 0 aliphatic heterocycles. The third-order valence-corrected chi connectivity index (χ3v) is 5.45. The normalized spacial score (nSPS) is 12.6. The lowest BCUT2D eigenvalue weighted by atomic mass is 10.1. The highest BCUT2D eigenvalue weighted by molar-refractivity contribution is 7.89. The molecule has 2 aromatic rings. The Balaban J connectivity index is 2.27.